The molecule has 0 saturated carbocycles. The zero-order valence-electron chi connectivity index (χ0n) is 19.4. The summed E-state index contributed by atoms with van der Waals surface area (Å²) in [5, 5.41) is 8.56. The fraction of sp³-hybridized carbons (Fsp3) is 0.920. The van der Waals surface area contributed by atoms with Crippen LogP contribution in [0.3, 0.4) is 0 Å². The molecule has 4 nitrogen and oxygen atoms in total. The highest BCUT2D eigenvalue weighted by Gasteiger charge is 2.03. The highest BCUT2D eigenvalue weighted by atomic mass is 16.5. The Kier molecular flexibility index (Phi) is 20.9. The van der Waals surface area contributed by atoms with E-state index < -0.39 is 5.97 Å². The first-order chi connectivity index (χ1) is 14.0. The molecule has 0 aromatic heterocycles. The van der Waals surface area contributed by atoms with Crippen molar-refractivity contribution in [3.63, 3.8) is 0 Å². The van der Waals surface area contributed by atoms with Gasteiger partial charge in [-0.25, -0.2) is 0 Å². The summed E-state index contributed by atoms with van der Waals surface area (Å²) in [4.78, 5) is 22.1. The minimum absolute atomic E-state index is 0.0797. The highest BCUT2D eigenvalue weighted by molar-refractivity contribution is 5.69. The molecule has 4 heteroatoms. The zero-order valence-corrected chi connectivity index (χ0v) is 19.4. The van der Waals surface area contributed by atoms with E-state index in [1.165, 1.54) is 64.2 Å². The number of esters is 1. The maximum atomic E-state index is 11.7. The minimum atomic E-state index is -0.725. The molecule has 0 aliphatic heterocycles. The summed E-state index contributed by atoms with van der Waals surface area (Å²) < 4.78 is 5.29. The van der Waals surface area contributed by atoms with Gasteiger partial charge >= 0.3 is 11.9 Å². The molecule has 0 saturated heterocycles. The van der Waals surface area contributed by atoms with Crippen molar-refractivity contribution in [2.75, 3.05) is 6.61 Å². The van der Waals surface area contributed by atoms with Crippen molar-refractivity contribution in [3.8, 4) is 0 Å². The summed E-state index contributed by atoms with van der Waals surface area (Å²) in [6.07, 6.45) is 21.0. The van der Waals surface area contributed by atoms with Crippen LogP contribution >= 0.6 is 0 Å². The topological polar surface area (TPSA) is 63.6 Å². The fourth-order valence-corrected chi connectivity index (χ4v) is 3.58. The minimum Gasteiger partial charge on any atom is -0.481 e. The van der Waals surface area contributed by atoms with E-state index in [0.29, 0.717) is 13.0 Å². The lowest BCUT2D eigenvalue weighted by molar-refractivity contribution is -0.144. The Labute approximate surface area is 180 Å². The first-order valence-electron chi connectivity index (χ1n) is 12.4. The molecule has 0 radical (unpaired) electrons. The van der Waals surface area contributed by atoms with E-state index in [0.717, 1.165) is 50.9 Å². The van der Waals surface area contributed by atoms with Crippen molar-refractivity contribution < 1.29 is 19.4 Å². The Morgan fingerprint density at radius 1 is 0.621 bits per heavy atom. The number of carboxylic acid groups (broad SMARTS) is 1. The van der Waals surface area contributed by atoms with Gasteiger partial charge in [-0.05, 0) is 25.2 Å². The summed E-state index contributed by atoms with van der Waals surface area (Å²) in [6, 6.07) is 0. The van der Waals surface area contributed by atoms with E-state index in [1.54, 1.807) is 0 Å². The van der Waals surface area contributed by atoms with Gasteiger partial charge in [0.2, 0.25) is 0 Å². The van der Waals surface area contributed by atoms with Gasteiger partial charge in [0.1, 0.15) is 0 Å². The molecule has 0 atom stereocenters. The molecular formula is C25H48O4. The average Bonchev–Trinajstić information content (AvgIpc) is 2.67. The number of carboxylic acids is 1. The smallest absolute Gasteiger partial charge is 0.305 e. The van der Waals surface area contributed by atoms with Gasteiger partial charge in [-0.2, -0.15) is 0 Å². The van der Waals surface area contributed by atoms with Gasteiger partial charge in [0.15, 0.2) is 0 Å². The van der Waals surface area contributed by atoms with E-state index in [2.05, 4.69) is 13.8 Å². The molecule has 172 valence electrons. The van der Waals surface area contributed by atoms with E-state index in [9.17, 15) is 9.59 Å². The summed E-state index contributed by atoms with van der Waals surface area (Å²) >= 11 is 0. The number of hydrogen-bond donors (Lipinski definition) is 1. The quantitative estimate of drug-likeness (QED) is 0.146. The lowest BCUT2D eigenvalue weighted by Gasteiger charge is -2.06. The van der Waals surface area contributed by atoms with Gasteiger partial charge in [-0.3, -0.25) is 9.59 Å². The van der Waals surface area contributed by atoms with Crippen LogP contribution in [0.5, 0.6) is 0 Å². The molecule has 0 rings (SSSR count). The first kappa shape index (κ1) is 27.9. The molecule has 0 fully saturated rings. The van der Waals surface area contributed by atoms with Crippen LogP contribution in [-0.2, 0) is 14.3 Å². The van der Waals surface area contributed by atoms with Crippen molar-refractivity contribution in [2.24, 2.45) is 5.92 Å². The van der Waals surface area contributed by atoms with E-state index in [4.69, 9.17) is 9.84 Å². The molecule has 0 amide bonds. The van der Waals surface area contributed by atoms with Gasteiger partial charge in [0.05, 0.1) is 6.61 Å². The van der Waals surface area contributed by atoms with E-state index in [-0.39, 0.29) is 12.4 Å². The summed E-state index contributed by atoms with van der Waals surface area (Å²) in [5.41, 5.74) is 0. The van der Waals surface area contributed by atoms with Gasteiger partial charge < -0.3 is 9.84 Å². The molecule has 0 unspecified atom stereocenters. The van der Waals surface area contributed by atoms with Gasteiger partial charge in [-0.1, -0.05) is 104 Å². The van der Waals surface area contributed by atoms with Crippen LogP contribution in [-0.4, -0.2) is 23.7 Å². The molecule has 0 heterocycles. The average molecular weight is 413 g/mol. The lowest BCUT2D eigenvalue weighted by Crippen LogP contribution is -2.05. The Bertz CT molecular complexity index is 379. The van der Waals surface area contributed by atoms with E-state index >= 15 is 0 Å². The number of hydrogen-bond acceptors (Lipinski definition) is 3. The molecule has 0 aliphatic rings. The normalized spacial score (nSPS) is 11.1. The van der Waals surface area contributed by atoms with Gasteiger partial charge in [0, 0.05) is 12.8 Å². The number of ether oxygens (including phenoxy) is 1. The van der Waals surface area contributed by atoms with Crippen molar-refractivity contribution in [2.45, 2.75) is 136 Å². The second-order valence-electron chi connectivity index (χ2n) is 8.95. The summed E-state index contributed by atoms with van der Waals surface area (Å²) in [6.45, 7) is 5.18. The molecule has 0 aromatic carbocycles. The molecule has 1 N–H and O–H groups in total. The van der Waals surface area contributed by atoms with Crippen LogP contribution in [0.4, 0.5) is 0 Å². The molecule has 0 spiro atoms. The van der Waals surface area contributed by atoms with Gasteiger partial charge in [0.25, 0.3) is 0 Å². The molecule has 29 heavy (non-hydrogen) atoms. The van der Waals surface area contributed by atoms with Crippen molar-refractivity contribution in [1.82, 2.24) is 0 Å². The predicted molar refractivity (Wildman–Crippen MR) is 121 cm³/mol. The second kappa shape index (κ2) is 21.6. The van der Waals surface area contributed by atoms with Crippen LogP contribution in [0.25, 0.3) is 0 Å². The fourth-order valence-electron chi connectivity index (χ4n) is 3.58. The summed E-state index contributed by atoms with van der Waals surface area (Å²) in [5.74, 6) is 0.0482. The number of rotatable bonds is 22. The maximum absolute atomic E-state index is 11.7. The lowest BCUT2D eigenvalue weighted by atomic mass is 10.0. The van der Waals surface area contributed by atoms with Crippen LogP contribution in [0.15, 0.2) is 0 Å². The Hall–Kier alpha value is -1.06. The monoisotopic (exact) mass is 412 g/mol. The maximum Gasteiger partial charge on any atom is 0.305 e. The molecular weight excluding hydrogens is 364 g/mol. The molecule has 0 bridgehead atoms. The summed E-state index contributed by atoms with van der Waals surface area (Å²) in [7, 11) is 0. The molecule has 0 aliphatic carbocycles. The third-order valence-electron chi connectivity index (χ3n) is 5.46. The highest BCUT2D eigenvalue weighted by Crippen LogP contribution is 2.14. The van der Waals surface area contributed by atoms with Crippen LogP contribution < -0.4 is 0 Å². The van der Waals surface area contributed by atoms with Crippen LogP contribution in [0.2, 0.25) is 0 Å². The van der Waals surface area contributed by atoms with Crippen molar-refractivity contribution >= 4 is 11.9 Å². The Morgan fingerprint density at radius 3 is 1.52 bits per heavy atom. The number of aliphatic carboxylic acids is 1. The third kappa shape index (κ3) is 24.9. The van der Waals surface area contributed by atoms with Crippen molar-refractivity contribution in [3.05, 3.63) is 0 Å². The second-order valence-corrected chi connectivity index (χ2v) is 8.95. The third-order valence-corrected chi connectivity index (χ3v) is 5.46. The number of unbranched alkanes of at least 4 members (excludes halogenated alkanes) is 14. The standard InChI is InChI=1S/C25H48O4/c1-23(2)19-15-11-8-6-4-3-5-7-9-14-18-22-29-25(28)21-17-13-10-12-16-20-24(26)27/h23H,3-22H2,1-2H3,(H,26,27). The predicted octanol–water partition coefficient (Wildman–Crippen LogP) is 7.68. The first-order valence-corrected chi connectivity index (χ1v) is 12.4. The van der Waals surface area contributed by atoms with Gasteiger partial charge in [-0.15, -0.1) is 0 Å². The van der Waals surface area contributed by atoms with Crippen LogP contribution in [0.1, 0.15) is 136 Å². The largest absolute Gasteiger partial charge is 0.481 e. The van der Waals surface area contributed by atoms with E-state index in [1.807, 2.05) is 0 Å². The van der Waals surface area contributed by atoms with Crippen LogP contribution in [0, 0.1) is 5.92 Å². The molecule has 0 aromatic rings. The Morgan fingerprint density at radius 2 is 1.03 bits per heavy atom. The number of carbonyl (C=O) groups is 2. The number of carbonyl (C=O) groups excluding carboxylic acids is 1. The van der Waals surface area contributed by atoms with Crippen molar-refractivity contribution in [1.29, 1.82) is 0 Å². The zero-order chi connectivity index (χ0) is 21.6. The SMILES string of the molecule is CC(C)CCCCCCCCCCCCCOC(=O)CCCCCCCC(=O)O. The Balaban J connectivity index is 3.16.